The second-order valence-corrected chi connectivity index (χ2v) is 6.30. The summed E-state index contributed by atoms with van der Waals surface area (Å²) in [5.41, 5.74) is 1.67. The van der Waals surface area contributed by atoms with Gasteiger partial charge >= 0.3 is 11.8 Å². The number of fused-ring (bicyclic) bond motifs is 1. The van der Waals surface area contributed by atoms with Crippen molar-refractivity contribution in [3.8, 4) is 0 Å². The van der Waals surface area contributed by atoms with Crippen molar-refractivity contribution in [3.05, 3.63) is 58.1 Å². The maximum absolute atomic E-state index is 12.2. The van der Waals surface area contributed by atoms with Crippen molar-refractivity contribution in [1.29, 1.82) is 0 Å². The first kappa shape index (κ1) is 19.0. The first-order chi connectivity index (χ1) is 13.4. The van der Waals surface area contributed by atoms with Crippen LogP contribution in [0.2, 0.25) is 0 Å². The third-order valence-corrected chi connectivity index (χ3v) is 4.40. The summed E-state index contributed by atoms with van der Waals surface area (Å²) >= 11 is 0. The summed E-state index contributed by atoms with van der Waals surface area (Å²) in [6.45, 7) is 2.07. The van der Waals surface area contributed by atoms with E-state index < -0.39 is 16.7 Å². The van der Waals surface area contributed by atoms with Gasteiger partial charge < -0.3 is 15.5 Å². The Morgan fingerprint density at radius 1 is 1.07 bits per heavy atom. The summed E-state index contributed by atoms with van der Waals surface area (Å²) < 4.78 is 0. The molecule has 1 aliphatic rings. The quantitative estimate of drug-likeness (QED) is 0.480. The standard InChI is InChI=1S/C19H18N4O5/c1-12(24)22-10-4-5-13-8-9-14(11-17(13)22)20-18(25)19(26)21-15-6-2-3-7-16(15)23(27)28/h2-3,6-9,11H,4-5,10H2,1H3,(H,20,25)(H,21,26). The fourth-order valence-corrected chi connectivity index (χ4v) is 3.08. The van der Waals surface area contributed by atoms with Gasteiger partial charge in [0.15, 0.2) is 0 Å². The van der Waals surface area contributed by atoms with Gasteiger partial charge in [0.25, 0.3) is 5.69 Å². The van der Waals surface area contributed by atoms with Gasteiger partial charge in [-0.2, -0.15) is 0 Å². The predicted molar refractivity (Wildman–Crippen MR) is 103 cm³/mol. The molecule has 0 saturated carbocycles. The van der Waals surface area contributed by atoms with Gasteiger partial charge in [0.2, 0.25) is 5.91 Å². The molecule has 1 heterocycles. The second kappa shape index (κ2) is 7.87. The highest BCUT2D eigenvalue weighted by Crippen LogP contribution is 2.30. The van der Waals surface area contributed by atoms with Crippen LogP contribution in [-0.2, 0) is 20.8 Å². The molecule has 28 heavy (non-hydrogen) atoms. The number of hydrogen-bond donors (Lipinski definition) is 2. The van der Waals surface area contributed by atoms with Crippen LogP contribution in [0, 0.1) is 10.1 Å². The van der Waals surface area contributed by atoms with Crippen molar-refractivity contribution in [1.82, 2.24) is 0 Å². The van der Waals surface area contributed by atoms with E-state index in [-0.39, 0.29) is 17.3 Å². The van der Waals surface area contributed by atoms with Crippen LogP contribution in [0.25, 0.3) is 0 Å². The number of aryl methyl sites for hydroxylation is 1. The van der Waals surface area contributed by atoms with Gasteiger partial charge in [-0.25, -0.2) is 0 Å². The van der Waals surface area contributed by atoms with Crippen LogP contribution in [0.5, 0.6) is 0 Å². The molecular weight excluding hydrogens is 364 g/mol. The minimum Gasteiger partial charge on any atom is -0.318 e. The largest absolute Gasteiger partial charge is 0.318 e. The number of rotatable bonds is 3. The molecule has 0 atom stereocenters. The number of nitrogens with zero attached hydrogens (tertiary/aromatic N) is 2. The molecule has 2 aromatic rings. The first-order valence-corrected chi connectivity index (χ1v) is 8.63. The van der Waals surface area contributed by atoms with E-state index in [1.165, 1.54) is 31.2 Å². The van der Waals surface area contributed by atoms with E-state index in [0.29, 0.717) is 17.9 Å². The Morgan fingerprint density at radius 3 is 2.50 bits per heavy atom. The molecule has 0 spiro atoms. The molecule has 9 heteroatoms. The number of benzene rings is 2. The summed E-state index contributed by atoms with van der Waals surface area (Å²) in [5, 5.41) is 15.7. The Hall–Kier alpha value is -3.75. The third kappa shape index (κ3) is 3.98. The number of nitro benzene ring substituents is 1. The van der Waals surface area contributed by atoms with E-state index in [1.807, 2.05) is 0 Å². The molecule has 0 saturated heterocycles. The van der Waals surface area contributed by atoms with E-state index in [2.05, 4.69) is 10.6 Å². The van der Waals surface area contributed by atoms with E-state index in [1.54, 1.807) is 23.1 Å². The average Bonchev–Trinajstić information content (AvgIpc) is 2.67. The van der Waals surface area contributed by atoms with Crippen LogP contribution in [0.3, 0.4) is 0 Å². The van der Waals surface area contributed by atoms with Crippen LogP contribution >= 0.6 is 0 Å². The molecule has 0 radical (unpaired) electrons. The van der Waals surface area contributed by atoms with Gasteiger partial charge in [-0.05, 0) is 36.6 Å². The number of carbonyl (C=O) groups excluding carboxylic acids is 3. The summed E-state index contributed by atoms with van der Waals surface area (Å²) in [5.74, 6) is -2.10. The summed E-state index contributed by atoms with van der Waals surface area (Å²) in [4.78, 5) is 48.2. The lowest BCUT2D eigenvalue weighted by Crippen LogP contribution is -2.34. The smallest absolute Gasteiger partial charge is 0.314 e. The normalized spacial score (nSPS) is 12.7. The van der Waals surface area contributed by atoms with E-state index >= 15 is 0 Å². The number of anilines is 3. The Labute approximate surface area is 160 Å². The molecule has 9 nitrogen and oxygen atoms in total. The SMILES string of the molecule is CC(=O)N1CCCc2ccc(NC(=O)C(=O)Nc3ccccc3[N+](=O)[O-])cc21. The monoisotopic (exact) mass is 382 g/mol. The van der Waals surface area contributed by atoms with E-state index in [4.69, 9.17) is 0 Å². The summed E-state index contributed by atoms with van der Waals surface area (Å²) in [6, 6.07) is 10.6. The molecular formula is C19H18N4O5. The predicted octanol–water partition coefficient (Wildman–Crippen LogP) is 2.47. The van der Waals surface area contributed by atoms with Crippen LogP contribution in [0.15, 0.2) is 42.5 Å². The number of para-hydroxylation sites is 2. The lowest BCUT2D eigenvalue weighted by molar-refractivity contribution is -0.383. The fourth-order valence-electron chi connectivity index (χ4n) is 3.08. The minimum absolute atomic E-state index is 0.0687. The van der Waals surface area contributed by atoms with Crippen LogP contribution in [-0.4, -0.2) is 29.2 Å². The molecule has 0 fully saturated rings. The van der Waals surface area contributed by atoms with Crippen molar-refractivity contribution in [2.75, 3.05) is 22.1 Å². The zero-order valence-corrected chi connectivity index (χ0v) is 15.1. The van der Waals surface area contributed by atoms with Crippen molar-refractivity contribution < 1.29 is 19.3 Å². The fraction of sp³-hybridized carbons (Fsp3) is 0.211. The summed E-state index contributed by atoms with van der Waals surface area (Å²) in [6.07, 6.45) is 1.68. The van der Waals surface area contributed by atoms with Gasteiger partial charge in [0, 0.05) is 30.9 Å². The maximum Gasteiger partial charge on any atom is 0.314 e. The Balaban J connectivity index is 1.75. The van der Waals surface area contributed by atoms with Crippen LogP contribution < -0.4 is 15.5 Å². The highest BCUT2D eigenvalue weighted by atomic mass is 16.6. The maximum atomic E-state index is 12.2. The number of hydrogen-bond acceptors (Lipinski definition) is 5. The first-order valence-electron chi connectivity index (χ1n) is 8.63. The van der Waals surface area contributed by atoms with Gasteiger partial charge in [-0.3, -0.25) is 24.5 Å². The van der Waals surface area contributed by atoms with E-state index in [0.717, 1.165) is 18.4 Å². The average molecular weight is 382 g/mol. The topological polar surface area (TPSA) is 122 Å². The molecule has 3 amide bonds. The number of amides is 3. The van der Waals surface area contributed by atoms with Crippen molar-refractivity contribution >= 4 is 40.5 Å². The Morgan fingerprint density at radius 2 is 1.79 bits per heavy atom. The molecule has 0 aliphatic carbocycles. The van der Waals surface area contributed by atoms with Crippen molar-refractivity contribution in [3.63, 3.8) is 0 Å². The molecule has 3 rings (SSSR count). The molecule has 0 bridgehead atoms. The van der Waals surface area contributed by atoms with Gasteiger partial charge in [-0.15, -0.1) is 0 Å². The van der Waals surface area contributed by atoms with E-state index in [9.17, 15) is 24.5 Å². The van der Waals surface area contributed by atoms with Gasteiger partial charge in [-0.1, -0.05) is 18.2 Å². The molecule has 0 aromatic heterocycles. The lowest BCUT2D eigenvalue weighted by atomic mass is 10.0. The minimum atomic E-state index is -1.03. The van der Waals surface area contributed by atoms with Crippen molar-refractivity contribution in [2.45, 2.75) is 19.8 Å². The lowest BCUT2D eigenvalue weighted by Gasteiger charge is -2.29. The molecule has 144 valence electrons. The molecule has 1 aliphatic heterocycles. The summed E-state index contributed by atoms with van der Waals surface area (Å²) in [7, 11) is 0. The number of carbonyl (C=O) groups is 3. The Kier molecular flexibility index (Phi) is 5.35. The zero-order valence-electron chi connectivity index (χ0n) is 15.1. The Bertz CT molecular complexity index is 973. The van der Waals surface area contributed by atoms with Gasteiger partial charge in [0.1, 0.15) is 5.69 Å². The highest BCUT2D eigenvalue weighted by Gasteiger charge is 2.22. The van der Waals surface area contributed by atoms with Crippen molar-refractivity contribution in [2.24, 2.45) is 0 Å². The number of nitro groups is 1. The highest BCUT2D eigenvalue weighted by molar-refractivity contribution is 6.43. The molecule has 2 aromatic carbocycles. The van der Waals surface area contributed by atoms with Crippen LogP contribution in [0.1, 0.15) is 18.9 Å². The van der Waals surface area contributed by atoms with Gasteiger partial charge in [0.05, 0.1) is 4.92 Å². The third-order valence-electron chi connectivity index (χ3n) is 4.40. The molecule has 2 N–H and O–H groups in total. The zero-order chi connectivity index (χ0) is 20.3. The number of nitrogens with one attached hydrogen (secondary N) is 2. The van der Waals surface area contributed by atoms with Crippen LogP contribution in [0.4, 0.5) is 22.7 Å². The second-order valence-electron chi connectivity index (χ2n) is 6.30. The molecule has 0 unspecified atom stereocenters.